The number of methoxy groups -OCH3 is 1. The number of aryl methyl sites for hydroxylation is 1. The van der Waals surface area contributed by atoms with E-state index in [4.69, 9.17) is 10.5 Å². The number of aromatic nitrogens is 2. The Morgan fingerprint density at radius 1 is 1.53 bits per heavy atom. The maximum atomic E-state index is 11.4. The van der Waals surface area contributed by atoms with Gasteiger partial charge >= 0.3 is 0 Å². The number of carbonyl (C=O) groups is 1. The molecule has 4 N–H and O–H groups in total. The highest BCUT2D eigenvalue weighted by atomic mass is 16.5. The average molecular weight is 239 g/mol. The van der Waals surface area contributed by atoms with Crippen LogP contribution in [0.4, 0.5) is 11.8 Å². The molecule has 7 heteroatoms. The number of nitrogens with zero attached hydrogens (tertiary/aromatic N) is 2. The van der Waals surface area contributed by atoms with Gasteiger partial charge in [-0.05, 0) is 6.92 Å². The molecule has 0 unspecified atom stereocenters. The third kappa shape index (κ3) is 5.12. The molecule has 0 saturated carbocycles. The van der Waals surface area contributed by atoms with E-state index in [0.717, 1.165) is 5.69 Å². The summed E-state index contributed by atoms with van der Waals surface area (Å²) in [5, 5.41) is 5.55. The first-order valence-electron chi connectivity index (χ1n) is 5.22. The fourth-order valence-electron chi connectivity index (χ4n) is 1.21. The predicted octanol–water partition coefficient (Wildman–Crippen LogP) is -0.458. The number of anilines is 2. The van der Waals surface area contributed by atoms with Crippen LogP contribution in [0.5, 0.6) is 0 Å². The summed E-state index contributed by atoms with van der Waals surface area (Å²) in [6, 6.07) is 1.72. The smallest absolute Gasteiger partial charge is 0.239 e. The summed E-state index contributed by atoms with van der Waals surface area (Å²) in [6.07, 6.45) is 0. The Morgan fingerprint density at radius 2 is 2.29 bits per heavy atom. The number of nitrogens with two attached hydrogens (primary N) is 1. The van der Waals surface area contributed by atoms with E-state index < -0.39 is 0 Å². The molecule has 17 heavy (non-hydrogen) atoms. The van der Waals surface area contributed by atoms with Crippen LogP contribution >= 0.6 is 0 Å². The van der Waals surface area contributed by atoms with Crippen molar-refractivity contribution in [1.29, 1.82) is 0 Å². The van der Waals surface area contributed by atoms with Gasteiger partial charge < -0.3 is 21.1 Å². The molecule has 0 aliphatic heterocycles. The molecule has 0 fully saturated rings. The van der Waals surface area contributed by atoms with E-state index in [1.54, 1.807) is 13.2 Å². The lowest BCUT2D eigenvalue weighted by atomic mass is 10.4. The second kappa shape index (κ2) is 6.64. The van der Waals surface area contributed by atoms with Crippen molar-refractivity contribution in [2.75, 3.05) is 37.9 Å². The third-order valence-corrected chi connectivity index (χ3v) is 1.93. The molecule has 0 bridgehead atoms. The van der Waals surface area contributed by atoms with Crippen molar-refractivity contribution in [2.45, 2.75) is 6.92 Å². The van der Waals surface area contributed by atoms with E-state index in [9.17, 15) is 4.79 Å². The summed E-state index contributed by atoms with van der Waals surface area (Å²) in [5.41, 5.74) is 6.23. The zero-order valence-electron chi connectivity index (χ0n) is 9.99. The molecule has 0 radical (unpaired) electrons. The van der Waals surface area contributed by atoms with Gasteiger partial charge in [0, 0.05) is 25.4 Å². The second-order valence-electron chi connectivity index (χ2n) is 3.45. The fourth-order valence-corrected chi connectivity index (χ4v) is 1.21. The maximum Gasteiger partial charge on any atom is 0.239 e. The van der Waals surface area contributed by atoms with Crippen molar-refractivity contribution in [3.63, 3.8) is 0 Å². The molecule has 0 atom stereocenters. The second-order valence-corrected chi connectivity index (χ2v) is 3.45. The normalized spacial score (nSPS) is 10.0. The summed E-state index contributed by atoms with van der Waals surface area (Å²) in [6.45, 7) is 2.93. The van der Waals surface area contributed by atoms with Gasteiger partial charge in [0.05, 0.1) is 13.2 Å². The molecule has 7 nitrogen and oxygen atoms in total. The van der Waals surface area contributed by atoms with E-state index in [1.807, 2.05) is 6.92 Å². The van der Waals surface area contributed by atoms with E-state index in [-0.39, 0.29) is 18.4 Å². The molecule has 1 amide bonds. The maximum absolute atomic E-state index is 11.4. The summed E-state index contributed by atoms with van der Waals surface area (Å²) in [4.78, 5) is 19.2. The monoisotopic (exact) mass is 239 g/mol. The summed E-state index contributed by atoms with van der Waals surface area (Å²) in [5.74, 6) is 0.598. The van der Waals surface area contributed by atoms with Crippen molar-refractivity contribution in [3.05, 3.63) is 11.8 Å². The van der Waals surface area contributed by atoms with Gasteiger partial charge in [0.2, 0.25) is 11.9 Å². The highest BCUT2D eigenvalue weighted by Gasteiger charge is 2.02. The molecule has 0 saturated heterocycles. The largest absolute Gasteiger partial charge is 0.383 e. The van der Waals surface area contributed by atoms with E-state index in [1.165, 1.54) is 0 Å². The third-order valence-electron chi connectivity index (χ3n) is 1.93. The Kier molecular flexibility index (Phi) is 5.15. The Labute approximate surface area is 99.8 Å². The molecule has 0 aliphatic rings. The number of nitrogen functional groups attached to an aromatic ring is 1. The zero-order chi connectivity index (χ0) is 12.7. The number of carbonyl (C=O) groups excluding carboxylic acids is 1. The van der Waals surface area contributed by atoms with E-state index >= 15 is 0 Å². The molecule has 0 aliphatic carbocycles. The minimum absolute atomic E-state index is 0.128. The molecule has 1 rings (SSSR count). The van der Waals surface area contributed by atoms with Crippen LogP contribution in [0, 0.1) is 6.92 Å². The van der Waals surface area contributed by atoms with E-state index in [0.29, 0.717) is 19.0 Å². The molecular weight excluding hydrogens is 222 g/mol. The fraction of sp³-hybridized carbons (Fsp3) is 0.500. The Hall–Kier alpha value is -1.89. The lowest BCUT2D eigenvalue weighted by Gasteiger charge is -2.07. The average Bonchev–Trinajstić information content (AvgIpc) is 2.25. The number of nitrogens with one attached hydrogen (secondary N) is 2. The highest BCUT2D eigenvalue weighted by molar-refractivity contribution is 5.80. The van der Waals surface area contributed by atoms with Crippen LogP contribution < -0.4 is 16.4 Å². The van der Waals surface area contributed by atoms with Gasteiger partial charge in [-0.1, -0.05) is 0 Å². The first-order valence-corrected chi connectivity index (χ1v) is 5.22. The van der Waals surface area contributed by atoms with Gasteiger partial charge in [-0.15, -0.1) is 0 Å². The van der Waals surface area contributed by atoms with Crippen LogP contribution in [-0.4, -0.2) is 42.7 Å². The molecule has 1 heterocycles. The van der Waals surface area contributed by atoms with Crippen LogP contribution in [0.25, 0.3) is 0 Å². The van der Waals surface area contributed by atoms with Gasteiger partial charge in [0.1, 0.15) is 5.82 Å². The van der Waals surface area contributed by atoms with Crippen LogP contribution in [0.3, 0.4) is 0 Å². The molecule has 1 aromatic rings. The lowest BCUT2D eigenvalue weighted by molar-refractivity contribution is -0.119. The number of hydrogen-bond acceptors (Lipinski definition) is 6. The summed E-state index contributed by atoms with van der Waals surface area (Å²) in [7, 11) is 1.58. The predicted molar refractivity (Wildman–Crippen MR) is 64.6 cm³/mol. The standard InChI is InChI=1S/C10H17N5O2/c1-7-5-8(15-10(11)14-7)13-6-9(16)12-3-4-17-2/h5H,3-4,6H2,1-2H3,(H,12,16)(H3,11,13,14,15). The lowest BCUT2D eigenvalue weighted by Crippen LogP contribution is -2.32. The zero-order valence-corrected chi connectivity index (χ0v) is 9.99. The number of amides is 1. The van der Waals surface area contributed by atoms with Gasteiger partial charge in [0.25, 0.3) is 0 Å². The van der Waals surface area contributed by atoms with Gasteiger partial charge in [-0.3, -0.25) is 4.79 Å². The minimum atomic E-state index is -0.128. The number of ether oxygens (including phenoxy) is 1. The molecule has 0 spiro atoms. The van der Waals surface area contributed by atoms with Crippen LogP contribution in [0.2, 0.25) is 0 Å². The first kappa shape index (κ1) is 13.2. The molecule has 0 aromatic carbocycles. The Bertz CT molecular complexity index is 363. The van der Waals surface area contributed by atoms with Crippen molar-refractivity contribution >= 4 is 17.7 Å². The van der Waals surface area contributed by atoms with Crippen LogP contribution in [-0.2, 0) is 9.53 Å². The topological polar surface area (TPSA) is 102 Å². The van der Waals surface area contributed by atoms with Crippen LogP contribution in [0.15, 0.2) is 6.07 Å². The molecular formula is C10H17N5O2. The Morgan fingerprint density at radius 3 is 2.94 bits per heavy atom. The van der Waals surface area contributed by atoms with E-state index in [2.05, 4.69) is 20.6 Å². The number of rotatable bonds is 6. The van der Waals surface area contributed by atoms with Gasteiger partial charge in [0.15, 0.2) is 0 Å². The Balaban J connectivity index is 2.36. The molecule has 94 valence electrons. The van der Waals surface area contributed by atoms with Crippen molar-refractivity contribution in [1.82, 2.24) is 15.3 Å². The quantitative estimate of drug-likeness (QED) is 0.581. The SMILES string of the molecule is COCCNC(=O)CNc1cc(C)nc(N)n1. The van der Waals surface area contributed by atoms with Crippen molar-refractivity contribution in [2.24, 2.45) is 0 Å². The van der Waals surface area contributed by atoms with Gasteiger partial charge in [-0.2, -0.15) is 4.98 Å². The van der Waals surface area contributed by atoms with Crippen molar-refractivity contribution in [3.8, 4) is 0 Å². The summed E-state index contributed by atoms with van der Waals surface area (Å²) >= 11 is 0. The molecule has 1 aromatic heterocycles. The van der Waals surface area contributed by atoms with Crippen LogP contribution in [0.1, 0.15) is 5.69 Å². The minimum Gasteiger partial charge on any atom is -0.383 e. The highest BCUT2D eigenvalue weighted by Crippen LogP contribution is 2.06. The summed E-state index contributed by atoms with van der Waals surface area (Å²) < 4.78 is 4.81. The van der Waals surface area contributed by atoms with Crippen molar-refractivity contribution < 1.29 is 9.53 Å². The number of hydrogen-bond donors (Lipinski definition) is 3. The van der Waals surface area contributed by atoms with Gasteiger partial charge in [-0.25, -0.2) is 4.98 Å². The first-order chi connectivity index (χ1) is 8.11.